The molecule has 5 nitrogen and oxygen atoms in total. The van der Waals surface area contributed by atoms with E-state index in [0.29, 0.717) is 6.04 Å². The summed E-state index contributed by atoms with van der Waals surface area (Å²) in [5, 5.41) is 6.83. The highest BCUT2D eigenvalue weighted by Crippen LogP contribution is 2.26. The molecule has 0 aliphatic carbocycles. The Morgan fingerprint density at radius 2 is 2.00 bits per heavy atom. The van der Waals surface area contributed by atoms with Gasteiger partial charge in [-0.15, -0.1) is 0 Å². The largest absolute Gasteiger partial charge is 0.337 e. The number of hydrogen-bond acceptors (Lipinski definition) is 3. The fraction of sp³-hybridized carbons (Fsp3) is 0.444. The van der Waals surface area contributed by atoms with Crippen molar-refractivity contribution in [2.75, 3.05) is 26.2 Å². The van der Waals surface area contributed by atoms with Gasteiger partial charge in [0.25, 0.3) is 5.91 Å². The van der Waals surface area contributed by atoms with Crippen LogP contribution in [0.5, 0.6) is 0 Å². The van der Waals surface area contributed by atoms with Crippen molar-refractivity contribution in [3.63, 3.8) is 0 Å². The lowest BCUT2D eigenvalue weighted by molar-refractivity contribution is 0.0781. The fourth-order valence-corrected chi connectivity index (χ4v) is 3.82. The van der Waals surface area contributed by atoms with Crippen molar-refractivity contribution < 1.29 is 4.79 Å². The van der Waals surface area contributed by atoms with Crippen LogP contribution in [0, 0.1) is 0 Å². The van der Waals surface area contributed by atoms with Crippen molar-refractivity contribution in [1.29, 1.82) is 0 Å². The van der Waals surface area contributed by atoms with Gasteiger partial charge in [-0.2, -0.15) is 5.10 Å². The Hall–Kier alpha value is -2.14. The number of likely N-dealkylation sites (tertiary alicyclic amines) is 2. The van der Waals surface area contributed by atoms with Crippen LogP contribution in [-0.4, -0.2) is 58.1 Å². The monoisotopic (exact) mass is 310 g/mol. The minimum Gasteiger partial charge on any atom is -0.337 e. The van der Waals surface area contributed by atoms with E-state index in [2.05, 4.69) is 15.1 Å². The smallest absolute Gasteiger partial charge is 0.254 e. The van der Waals surface area contributed by atoms with E-state index < -0.39 is 0 Å². The zero-order valence-electron chi connectivity index (χ0n) is 13.2. The number of amides is 1. The van der Waals surface area contributed by atoms with Gasteiger partial charge in [0.1, 0.15) is 0 Å². The van der Waals surface area contributed by atoms with E-state index in [1.807, 2.05) is 35.4 Å². The molecule has 5 heteroatoms. The van der Waals surface area contributed by atoms with Gasteiger partial charge in [0, 0.05) is 36.5 Å². The summed E-state index contributed by atoms with van der Waals surface area (Å²) in [5.74, 6) is 0.142. The Labute approximate surface area is 136 Å². The number of aromatic amines is 1. The minimum atomic E-state index is 0.142. The number of nitrogens with one attached hydrogen (secondary N) is 1. The Morgan fingerprint density at radius 3 is 2.78 bits per heavy atom. The molecule has 23 heavy (non-hydrogen) atoms. The molecule has 0 bridgehead atoms. The third-order valence-corrected chi connectivity index (χ3v) is 5.07. The Balaban J connectivity index is 1.54. The minimum absolute atomic E-state index is 0.142. The number of aromatic nitrogens is 2. The Morgan fingerprint density at radius 1 is 1.17 bits per heavy atom. The molecule has 0 saturated carbocycles. The Kier molecular flexibility index (Phi) is 3.87. The molecular weight excluding hydrogens is 288 g/mol. The third-order valence-electron chi connectivity index (χ3n) is 5.07. The van der Waals surface area contributed by atoms with Gasteiger partial charge in [0.15, 0.2) is 0 Å². The molecular formula is C18H22N4O. The SMILES string of the molecule is O=C(c1ccccc1-c1cn[nH]c1)N1CCC(N2CCCC2)C1. The Bertz CT molecular complexity index is 676. The molecule has 3 heterocycles. The summed E-state index contributed by atoms with van der Waals surface area (Å²) in [6, 6.07) is 8.36. The predicted molar refractivity (Wildman–Crippen MR) is 89.1 cm³/mol. The fourth-order valence-electron chi connectivity index (χ4n) is 3.82. The molecule has 4 rings (SSSR count). The number of carbonyl (C=O) groups is 1. The zero-order chi connectivity index (χ0) is 15.6. The molecule has 0 radical (unpaired) electrons. The summed E-state index contributed by atoms with van der Waals surface area (Å²) in [5.41, 5.74) is 2.69. The lowest BCUT2D eigenvalue weighted by Crippen LogP contribution is -2.37. The van der Waals surface area contributed by atoms with Crippen molar-refractivity contribution in [2.24, 2.45) is 0 Å². The van der Waals surface area contributed by atoms with E-state index in [1.54, 1.807) is 6.20 Å². The second-order valence-electron chi connectivity index (χ2n) is 6.47. The molecule has 1 amide bonds. The summed E-state index contributed by atoms with van der Waals surface area (Å²) in [6.45, 7) is 4.11. The second kappa shape index (κ2) is 6.16. The summed E-state index contributed by atoms with van der Waals surface area (Å²) < 4.78 is 0. The number of H-pyrrole nitrogens is 1. The summed E-state index contributed by atoms with van der Waals surface area (Å²) in [7, 11) is 0. The third kappa shape index (κ3) is 2.77. The molecule has 1 unspecified atom stereocenters. The normalized spacial score (nSPS) is 21.9. The molecule has 1 atom stereocenters. The highest BCUT2D eigenvalue weighted by Gasteiger charge is 2.32. The molecule has 2 fully saturated rings. The first kappa shape index (κ1) is 14.5. The summed E-state index contributed by atoms with van der Waals surface area (Å²) >= 11 is 0. The number of benzene rings is 1. The van der Waals surface area contributed by atoms with Crippen LogP contribution in [0.3, 0.4) is 0 Å². The number of rotatable bonds is 3. The average molecular weight is 310 g/mol. The molecule has 2 saturated heterocycles. The first-order chi connectivity index (χ1) is 11.3. The standard InChI is InChI=1S/C18H22N4O/c23-18(22-10-7-15(13-22)21-8-3-4-9-21)17-6-2-1-5-16(17)14-11-19-20-12-14/h1-2,5-6,11-12,15H,3-4,7-10,13H2,(H,19,20). The van der Waals surface area contributed by atoms with Crippen LogP contribution in [0.2, 0.25) is 0 Å². The quantitative estimate of drug-likeness (QED) is 0.947. The van der Waals surface area contributed by atoms with Crippen molar-refractivity contribution in [3.05, 3.63) is 42.2 Å². The zero-order valence-corrected chi connectivity index (χ0v) is 13.2. The molecule has 120 valence electrons. The van der Waals surface area contributed by atoms with Crippen LogP contribution in [0.15, 0.2) is 36.7 Å². The van der Waals surface area contributed by atoms with E-state index in [1.165, 1.54) is 25.9 Å². The van der Waals surface area contributed by atoms with E-state index in [9.17, 15) is 4.79 Å². The van der Waals surface area contributed by atoms with Crippen LogP contribution in [-0.2, 0) is 0 Å². The highest BCUT2D eigenvalue weighted by atomic mass is 16.2. The molecule has 1 aromatic heterocycles. The van der Waals surface area contributed by atoms with Gasteiger partial charge >= 0.3 is 0 Å². The summed E-state index contributed by atoms with van der Waals surface area (Å²) in [6.07, 6.45) is 7.30. The molecule has 2 aliphatic rings. The molecule has 1 N–H and O–H groups in total. The topological polar surface area (TPSA) is 52.2 Å². The van der Waals surface area contributed by atoms with E-state index >= 15 is 0 Å². The summed E-state index contributed by atoms with van der Waals surface area (Å²) in [4.78, 5) is 17.6. The van der Waals surface area contributed by atoms with Crippen molar-refractivity contribution >= 4 is 5.91 Å². The van der Waals surface area contributed by atoms with Crippen LogP contribution in [0.4, 0.5) is 0 Å². The van der Waals surface area contributed by atoms with Gasteiger partial charge < -0.3 is 4.90 Å². The predicted octanol–water partition coefficient (Wildman–Crippen LogP) is 2.39. The number of hydrogen-bond donors (Lipinski definition) is 1. The maximum atomic E-state index is 13.0. The first-order valence-corrected chi connectivity index (χ1v) is 8.44. The van der Waals surface area contributed by atoms with E-state index in [4.69, 9.17) is 0 Å². The van der Waals surface area contributed by atoms with Crippen molar-refractivity contribution in [2.45, 2.75) is 25.3 Å². The van der Waals surface area contributed by atoms with Gasteiger partial charge in [0.2, 0.25) is 0 Å². The molecule has 2 aromatic rings. The maximum absolute atomic E-state index is 13.0. The van der Waals surface area contributed by atoms with E-state index in [0.717, 1.165) is 36.2 Å². The lowest BCUT2D eigenvalue weighted by Gasteiger charge is -2.24. The van der Waals surface area contributed by atoms with Gasteiger partial charge in [-0.3, -0.25) is 14.8 Å². The van der Waals surface area contributed by atoms with Crippen LogP contribution >= 0.6 is 0 Å². The van der Waals surface area contributed by atoms with Gasteiger partial charge in [0.05, 0.1) is 6.20 Å². The van der Waals surface area contributed by atoms with Gasteiger partial charge in [-0.25, -0.2) is 0 Å². The first-order valence-electron chi connectivity index (χ1n) is 8.44. The lowest BCUT2D eigenvalue weighted by atomic mass is 10.0. The molecule has 0 spiro atoms. The van der Waals surface area contributed by atoms with Crippen molar-refractivity contribution in [3.8, 4) is 11.1 Å². The van der Waals surface area contributed by atoms with Crippen LogP contribution < -0.4 is 0 Å². The maximum Gasteiger partial charge on any atom is 0.254 e. The molecule has 2 aliphatic heterocycles. The number of carbonyl (C=O) groups excluding carboxylic acids is 1. The van der Waals surface area contributed by atoms with Crippen molar-refractivity contribution in [1.82, 2.24) is 20.0 Å². The van der Waals surface area contributed by atoms with Gasteiger partial charge in [-0.05, 0) is 44.0 Å². The molecule has 1 aromatic carbocycles. The van der Waals surface area contributed by atoms with E-state index in [-0.39, 0.29) is 5.91 Å². The van der Waals surface area contributed by atoms with Gasteiger partial charge in [-0.1, -0.05) is 18.2 Å². The van der Waals surface area contributed by atoms with Crippen LogP contribution in [0.25, 0.3) is 11.1 Å². The average Bonchev–Trinajstić information content (AvgIpc) is 3.35. The number of nitrogens with zero attached hydrogens (tertiary/aromatic N) is 3. The second-order valence-corrected chi connectivity index (χ2v) is 6.47. The highest BCUT2D eigenvalue weighted by molar-refractivity contribution is 6.00. The van der Waals surface area contributed by atoms with Crippen LogP contribution in [0.1, 0.15) is 29.6 Å².